The number of carbonyl (C=O) groups excluding carboxylic acids is 1. The minimum Gasteiger partial charge on any atom is -0.459 e. The minimum absolute atomic E-state index is 0.228. The Kier molecular flexibility index (Phi) is 12.9. The van der Waals surface area contributed by atoms with Crippen molar-refractivity contribution in [1.82, 2.24) is 16.0 Å². The molecule has 1 amide bonds. The van der Waals surface area contributed by atoms with Gasteiger partial charge in [0, 0.05) is 26.2 Å². The summed E-state index contributed by atoms with van der Waals surface area (Å²) >= 11 is 0. The van der Waals surface area contributed by atoms with Crippen LogP contribution in [-0.2, 0) is 9.47 Å². The van der Waals surface area contributed by atoms with Gasteiger partial charge in [-0.2, -0.15) is 0 Å². The number of furan rings is 1. The van der Waals surface area contributed by atoms with Gasteiger partial charge in [0.1, 0.15) is 0 Å². The molecule has 0 fully saturated rings. The molecule has 8 nitrogen and oxygen atoms in total. The van der Waals surface area contributed by atoms with Gasteiger partial charge in [-0.1, -0.05) is 13.3 Å². The molecule has 1 rings (SSSR count). The molecule has 8 heteroatoms. The van der Waals surface area contributed by atoms with Crippen molar-refractivity contribution in [2.24, 2.45) is 4.99 Å². The van der Waals surface area contributed by atoms with Gasteiger partial charge in [-0.3, -0.25) is 9.79 Å². The Bertz CT molecular complexity index is 491. The predicted octanol–water partition coefficient (Wildman–Crippen LogP) is 1.40. The summed E-state index contributed by atoms with van der Waals surface area (Å²) in [6.45, 7) is 9.03. The maximum atomic E-state index is 11.7. The van der Waals surface area contributed by atoms with E-state index in [2.05, 4.69) is 27.9 Å². The summed E-state index contributed by atoms with van der Waals surface area (Å²) in [6.07, 6.45) is 3.70. The summed E-state index contributed by atoms with van der Waals surface area (Å²) < 4.78 is 15.9. The first-order valence-electron chi connectivity index (χ1n) is 9.27. The molecule has 0 aliphatic rings. The minimum atomic E-state index is -0.228. The average Bonchev–Trinajstić information content (AvgIpc) is 3.18. The second kappa shape index (κ2) is 15.2. The molecule has 0 radical (unpaired) electrons. The van der Waals surface area contributed by atoms with Gasteiger partial charge >= 0.3 is 0 Å². The zero-order valence-electron chi connectivity index (χ0n) is 15.9. The Balaban J connectivity index is 2.09. The lowest BCUT2D eigenvalue weighted by molar-refractivity contribution is 0.0497. The zero-order valence-corrected chi connectivity index (χ0v) is 15.9. The van der Waals surface area contributed by atoms with Crippen LogP contribution in [0.3, 0.4) is 0 Å². The van der Waals surface area contributed by atoms with Crippen LogP contribution in [-0.4, -0.2) is 64.5 Å². The number of ether oxygens (including phenoxy) is 2. The van der Waals surface area contributed by atoms with E-state index >= 15 is 0 Å². The Labute approximate surface area is 155 Å². The topological polar surface area (TPSA) is 97.1 Å². The molecule has 148 valence electrons. The van der Waals surface area contributed by atoms with E-state index in [1.54, 1.807) is 12.1 Å². The third-order valence-electron chi connectivity index (χ3n) is 3.31. The summed E-state index contributed by atoms with van der Waals surface area (Å²) in [4.78, 5) is 16.2. The Hall–Kier alpha value is -2.06. The van der Waals surface area contributed by atoms with Gasteiger partial charge in [-0.05, 0) is 25.5 Å². The fraction of sp³-hybridized carbons (Fsp3) is 0.667. The highest BCUT2D eigenvalue weighted by Gasteiger charge is 2.06. The summed E-state index contributed by atoms with van der Waals surface area (Å²) in [5.74, 6) is 0.775. The van der Waals surface area contributed by atoms with Gasteiger partial charge in [0.05, 0.1) is 32.6 Å². The molecular formula is C18H32N4O4. The number of carbonyl (C=O) groups is 1. The highest BCUT2D eigenvalue weighted by molar-refractivity contribution is 5.91. The first-order chi connectivity index (χ1) is 12.8. The molecule has 1 heterocycles. The molecule has 3 N–H and O–H groups in total. The molecule has 1 aromatic heterocycles. The molecule has 0 aliphatic heterocycles. The highest BCUT2D eigenvalue weighted by Crippen LogP contribution is 1.98. The van der Waals surface area contributed by atoms with E-state index in [1.807, 2.05) is 6.92 Å². The molecule has 0 aliphatic carbocycles. The van der Waals surface area contributed by atoms with Crippen LogP contribution in [0.4, 0.5) is 0 Å². The van der Waals surface area contributed by atoms with E-state index in [4.69, 9.17) is 13.9 Å². The van der Waals surface area contributed by atoms with Crippen LogP contribution >= 0.6 is 0 Å². The van der Waals surface area contributed by atoms with Crippen molar-refractivity contribution < 1.29 is 18.7 Å². The number of aliphatic imine (C=N–C) groups is 1. The maximum absolute atomic E-state index is 11.7. The highest BCUT2D eigenvalue weighted by atomic mass is 16.5. The molecule has 0 saturated carbocycles. The lowest BCUT2D eigenvalue weighted by Crippen LogP contribution is -2.41. The monoisotopic (exact) mass is 368 g/mol. The van der Waals surface area contributed by atoms with Crippen LogP contribution in [0.5, 0.6) is 0 Å². The van der Waals surface area contributed by atoms with E-state index in [-0.39, 0.29) is 5.91 Å². The maximum Gasteiger partial charge on any atom is 0.287 e. The normalized spacial score (nSPS) is 11.4. The second-order valence-corrected chi connectivity index (χ2v) is 5.50. The molecule has 0 unspecified atom stereocenters. The van der Waals surface area contributed by atoms with Gasteiger partial charge in [0.15, 0.2) is 11.7 Å². The molecule has 0 aromatic carbocycles. The van der Waals surface area contributed by atoms with Crippen molar-refractivity contribution in [3.8, 4) is 0 Å². The van der Waals surface area contributed by atoms with Crippen molar-refractivity contribution in [2.75, 3.05) is 52.6 Å². The van der Waals surface area contributed by atoms with Crippen molar-refractivity contribution in [1.29, 1.82) is 0 Å². The Morgan fingerprint density at radius 2 is 1.85 bits per heavy atom. The zero-order chi connectivity index (χ0) is 18.9. The number of hydrogen-bond donors (Lipinski definition) is 3. The van der Waals surface area contributed by atoms with Crippen LogP contribution in [0.2, 0.25) is 0 Å². The van der Waals surface area contributed by atoms with Crippen LogP contribution in [0.15, 0.2) is 27.8 Å². The average molecular weight is 368 g/mol. The number of rotatable bonds is 14. The number of hydrogen-bond acceptors (Lipinski definition) is 5. The van der Waals surface area contributed by atoms with Gasteiger partial charge in [-0.25, -0.2) is 0 Å². The Morgan fingerprint density at radius 3 is 2.54 bits per heavy atom. The van der Waals surface area contributed by atoms with Gasteiger partial charge in [-0.15, -0.1) is 0 Å². The molecular weight excluding hydrogens is 336 g/mol. The third-order valence-corrected chi connectivity index (χ3v) is 3.31. The molecule has 0 atom stereocenters. The van der Waals surface area contributed by atoms with E-state index in [1.165, 1.54) is 6.26 Å². The van der Waals surface area contributed by atoms with Crippen molar-refractivity contribution in [3.63, 3.8) is 0 Å². The van der Waals surface area contributed by atoms with Crippen LogP contribution < -0.4 is 16.0 Å². The summed E-state index contributed by atoms with van der Waals surface area (Å²) in [5, 5.41) is 9.08. The smallest absolute Gasteiger partial charge is 0.287 e. The molecule has 1 aromatic rings. The largest absolute Gasteiger partial charge is 0.459 e. The lowest BCUT2D eigenvalue weighted by Gasteiger charge is -2.11. The van der Waals surface area contributed by atoms with E-state index in [9.17, 15) is 4.79 Å². The number of amides is 1. The Morgan fingerprint density at radius 1 is 1.08 bits per heavy atom. The van der Waals surface area contributed by atoms with Crippen LogP contribution in [0.1, 0.15) is 37.2 Å². The van der Waals surface area contributed by atoms with Crippen LogP contribution in [0, 0.1) is 0 Å². The lowest BCUT2D eigenvalue weighted by atomic mass is 10.4. The molecule has 0 saturated heterocycles. The van der Waals surface area contributed by atoms with Gasteiger partial charge in [0.25, 0.3) is 5.91 Å². The van der Waals surface area contributed by atoms with Gasteiger partial charge in [0.2, 0.25) is 0 Å². The SMILES string of the molecule is CCCCOCCOCCN=C(NCC)NCCNC(=O)c1ccco1. The van der Waals surface area contributed by atoms with Crippen molar-refractivity contribution in [2.45, 2.75) is 26.7 Å². The summed E-state index contributed by atoms with van der Waals surface area (Å²) in [5.41, 5.74) is 0. The van der Waals surface area contributed by atoms with Crippen molar-refractivity contribution in [3.05, 3.63) is 24.2 Å². The number of guanidine groups is 1. The molecule has 0 bridgehead atoms. The summed E-state index contributed by atoms with van der Waals surface area (Å²) in [6, 6.07) is 3.31. The second-order valence-electron chi connectivity index (χ2n) is 5.50. The molecule has 0 spiro atoms. The number of unbranched alkanes of at least 4 members (excludes halogenated alkanes) is 1. The standard InChI is InChI=1S/C18H32N4O4/c1-3-5-11-24-14-15-25-13-10-22-18(19-4-2)21-9-8-20-17(23)16-7-6-12-26-16/h6-7,12H,3-5,8-11,13-15H2,1-2H3,(H,20,23)(H2,19,21,22). The fourth-order valence-corrected chi connectivity index (χ4v) is 1.98. The van der Waals surface area contributed by atoms with E-state index in [0.29, 0.717) is 51.2 Å². The fourth-order valence-electron chi connectivity index (χ4n) is 1.98. The first-order valence-corrected chi connectivity index (χ1v) is 9.27. The quantitative estimate of drug-likeness (QED) is 0.261. The van der Waals surface area contributed by atoms with E-state index < -0.39 is 0 Å². The van der Waals surface area contributed by atoms with E-state index in [0.717, 1.165) is 26.0 Å². The van der Waals surface area contributed by atoms with Crippen molar-refractivity contribution >= 4 is 11.9 Å². The number of nitrogens with zero attached hydrogens (tertiary/aromatic N) is 1. The first kappa shape index (κ1) is 22.0. The predicted molar refractivity (Wildman–Crippen MR) is 102 cm³/mol. The summed E-state index contributed by atoms with van der Waals surface area (Å²) in [7, 11) is 0. The third kappa shape index (κ3) is 10.7. The van der Waals surface area contributed by atoms with Gasteiger partial charge < -0.3 is 29.8 Å². The van der Waals surface area contributed by atoms with Crippen LogP contribution in [0.25, 0.3) is 0 Å². The number of nitrogens with one attached hydrogen (secondary N) is 3. The molecule has 26 heavy (non-hydrogen) atoms.